The van der Waals surface area contributed by atoms with Crippen LogP contribution in [0.4, 0.5) is 5.82 Å². The van der Waals surface area contributed by atoms with E-state index in [1.165, 1.54) is 6.33 Å². The van der Waals surface area contributed by atoms with Crippen LogP contribution in [0.25, 0.3) is 0 Å². The number of carbonyl (C=O) groups is 1. The molecule has 2 aliphatic rings. The molecule has 10 heteroatoms. The number of aliphatic hydroxyl groups excluding tert-OH is 3. The lowest BCUT2D eigenvalue weighted by Gasteiger charge is -2.28. The average Bonchev–Trinajstić information content (AvgIpc) is 2.92. The Balaban J connectivity index is 1.99. The summed E-state index contributed by atoms with van der Waals surface area (Å²) in [6.07, 6.45) is -1.39. The number of carbonyl (C=O) groups excluding carboxylic acids is 1. The number of anilines is 1. The number of nitrogens with zero attached hydrogens (tertiary/aromatic N) is 3. The average molecular weight is 301 g/mol. The molecule has 9 nitrogen and oxygen atoms in total. The maximum absolute atomic E-state index is 11.7. The Morgan fingerprint density at radius 2 is 2.15 bits per heavy atom. The molecule has 1 aromatic rings. The molecule has 1 saturated heterocycles. The van der Waals surface area contributed by atoms with Crippen LogP contribution in [-0.2, 0) is 0 Å². The molecule has 20 heavy (non-hydrogen) atoms. The number of fused-ring (bicyclic) bond motifs is 1. The van der Waals surface area contributed by atoms with Gasteiger partial charge in [0.1, 0.15) is 24.2 Å². The molecule has 0 saturated carbocycles. The van der Waals surface area contributed by atoms with Gasteiger partial charge >= 0.3 is 0 Å². The van der Waals surface area contributed by atoms with Crippen molar-refractivity contribution in [1.29, 1.82) is 0 Å². The second-order valence-electron chi connectivity index (χ2n) is 4.80. The molecule has 0 aromatic carbocycles. The fourth-order valence-electron chi connectivity index (χ4n) is 2.66. The second-order valence-corrected chi connectivity index (χ2v) is 5.40. The smallest absolute Gasteiger partial charge is 0.275 e. The van der Waals surface area contributed by atoms with Gasteiger partial charge in [-0.15, -0.1) is 0 Å². The van der Waals surface area contributed by atoms with Gasteiger partial charge in [-0.25, -0.2) is 4.98 Å². The van der Waals surface area contributed by atoms with Gasteiger partial charge < -0.3 is 26.0 Å². The number of hydrogen-bond donors (Lipinski definition) is 5. The van der Waals surface area contributed by atoms with Gasteiger partial charge in [0.15, 0.2) is 5.69 Å². The summed E-state index contributed by atoms with van der Waals surface area (Å²) in [4.78, 5) is 15.7. The van der Waals surface area contributed by atoms with Crippen LogP contribution >= 0.6 is 9.39 Å². The van der Waals surface area contributed by atoms with Crippen LogP contribution in [0.5, 0.6) is 0 Å². The van der Waals surface area contributed by atoms with E-state index in [9.17, 15) is 20.1 Å². The first kappa shape index (κ1) is 13.7. The summed E-state index contributed by atoms with van der Waals surface area (Å²) < 4.78 is 3.18. The molecule has 5 atom stereocenters. The largest absolute Gasteiger partial charge is 0.395 e. The monoisotopic (exact) mass is 301 g/mol. The summed E-state index contributed by atoms with van der Waals surface area (Å²) in [5.74, 6) is 0.190. The van der Waals surface area contributed by atoms with Crippen molar-refractivity contribution >= 4 is 21.1 Å². The summed E-state index contributed by atoms with van der Waals surface area (Å²) in [7, 11) is 2.39. The maximum atomic E-state index is 11.7. The van der Waals surface area contributed by atoms with E-state index in [2.05, 4.69) is 25.0 Å². The van der Waals surface area contributed by atoms with Crippen LogP contribution in [0.2, 0.25) is 0 Å². The van der Waals surface area contributed by atoms with Crippen molar-refractivity contribution in [3.63, 3.8) is 0 Å². The third-order valence-electron chi connectivity index (χ3n) is 3.72. The maximum Gasteiger partial charge on any atom is 0.275 e. The molecule has 1 fully saturated rings. The highest BCUT2D eigenvalue weighted by atomic mass is 31.0. The molecule has 3 rings (SSSR count). The fraction of sp³-hybridized carbons (Fsp3) is 0.600. The Hall–Kier alpha value is -1.25. The molecule has 0 radical (unpaired) electrons. The first-order valence-corrected chi connectivity index (χ1v) is 6.66. The quantitative estimate of drug-likeness (QED) is 0.389. The standard InChI is InChI=1S/C10H16N5O4P/c16-1-4-6(17)7(18)10(15(4)20)14-3-13-5-8(14)11-2-12-9(5)19/h3-4,6-7,10-11,16-18H,1-2,20H2,(H,12,19)/t4-,6-,7-,10-/m1/s1. The predicted molar refractivity (Wildman–Crippen MR) is 71.7 cm³/mol. The molecule has 1 aromatic heterocycles. The number of amides is 1. The Kier molecular flexibility index (Phi) is 3.39. The number of rotatable bonds is 2. The van der Waals surface area contributed by atoms with Crippen molar-refractivity contribution in [3.05, 3.63) is 12.0 Å². The third kappa shape index (κ3) is 1.82. The van der Waals surface area contributed by atoms with Gasteiger partial charge in [0.2, 0.25) is 0 Å². The molecule has 110 valence electrons. The number of imidazole rings is 1. The van der Waals surface area contributed by atoms with Gasteiger partial charge in [0.25, 0.3) is 5.91 Å². The van der Waals surface area contributed by atoms with Crippen LogP contribution in [0.1, 0.15) is 16.7 Å². The number of nitrogens with one attached hydrogen (secondary N) is 2. The van der Waals surface area contributed by atoms with E-state index in [-0.39, 0.29) is 24.9 Å². The van der Waals surface area contributed by atoms with Crippen molar-refractivity contribution in [3.8, 4) is 0 Å². The topological polar surface area (TPSA) is 123 Å². The molecule has 5 N–H and O–H groups in total. The molecule has 3 heterocycles. The summed E-state index contributed by atoms with van der Waals surface area (Å²) in [5, 5.41) is 35.0. The Morgan fingerprint density at radius 3 is 2.80 bits per heavy atom. The van der Waals surface area contributed by atoms with E-state index in [0.717, 1.165) is 0 Å². The number of aliphatic hydroxyl groups is 3. The van der Waals surface area contributed by atoms with E-state index in [1.54, 1.807) is 9.24 Å². The normalized spacial score (nSPS) is 33.7. The molecule has 0 aliphatic carbocycles. The highest BCUT2D eigenvalue weighted by Crippen LogP contribution is 2.38. The van der Waals surface area contributed by atoms with Crippen LogP contribution in [0.3, 0.4) is 0 Å². The van der Waals surface area contributed by atoms with E-state index in [1.807, 2.05) is 0 Å². The fourth-order valence-corrected chi connectivity index (χ4v) is 3.25. The van der Waals surface area contributed by atoms with Gasteiger partial charge in [0.05, 0.1) is 25.6 Å². The lowest BCUT2D eigenvalue weighted by atomic mass is 10.1. The van der Waals surface area contributed by atoms with Gasteiger partial charge in [-0.2, -0.15) is 0 Å². The van der Waals surface area contributed by atoms with Crippen molar-refractivity contribution in [2.45, 2.75) is 24.4 Å². The molecule has 0 spiro atoms. The Labute approximate surface area is 116 Å². The molecular formula is C10H16N5O4P. The highest BCUT2D eigenvalue weighted by molar-refractivity contribution is 7.13. The van der Waals surface area contributed by atoms with Crippen molar-refractivity contribution < 1.29 is 20.1 Å². The second kappa shape index (κ2) is 4.94. The lowest BCUT2D eigenvalue weighted by Crippen LogP contribution is -2.37. The summed E-state index contributed by atoms with van der Waals surface area (Å²) >= 11 is 0. The van der Waals surface area contributed by atoms with Crippen LogP contribution in [-0.4, -0.2) is 67.0 Å². The van der Waals surface area contributed by atoms with E-state index < -0.39 is 24.4 Å². The van der Waals surface area contributed by atoms with Crippen LogP contribution < -0.4 is 10.6 Å². The summed E-state index contributed by atoms with van der Waals surface area (Å²) in [5.41, 5.74) is 0.240. The lowest BCUT2D eigenvalue weighted by molar-refractivity contribution is 0.0110. The van der Waals surface area contributed by atoms with Gasteiger partial charge in [0, 0.05) is 0 Å². The van der Waals surface area contributed by atoms with Crippen LogP contribution in [0, 0.1) is 0 Å². The summed E-state index contributed by atoms with van der Waals surface area (Å²) in [6.45, 7) is -0.0216. The molecule has 2 aliphatic heterocycles. The molecule has 1 amide bonds. The minimum Gasteiger partial charge on any atom is -0.395 e. The third-order valence-corrected chi connectivity index (χ3v) is 4.41. The Morgan fingerprint density at radius 1 is 1.40 bits per heavy atom. The number of hydrogen-bond acceptors (Lipinski definition) is 7. The van der Waals surface area contributed by atoms with Crippen molar-refractivity contribution in [2.24, 2.45) is 0 Å². The van der Waals surface area contributed by atoms with Gasteiger partial charge in [-0.1, -0.05) is 9.39 Å². The van der Waals surface area contributed by atoms with Crippen LogP contribution in [0.15, 0.2) is 6.33 Å². The van der Waals surface area contributed by atoms with E-state index in [4.69, 9.17) is 0 Å². The zero-order chi connectivity index (χ0) is 14.4. The zero-order valence-corrected chi connectivity index (χ0v) is 11.6. The first-order valence-electron chi connectivity index (χ1n) is 6.15. The summed E-state index contributed by atoms with van der Waals surface area (Å²) in [6, 6.07) is -0.601. The Bertz CT molecular complexity index is 538. The molecule has 0 bridgehead atoms. The van der Waals surface area contributed by atoms with E-state index in [0.29, 0.717) is 5.82 Å². The minimum atomic E-state index is -1.10. The minimum absolute atomic E-state index is 0.240. The number of aromatic nitrogens is 2. The molecule has 1 unspecified atom stereocenters. The van der Waals surface area contributed by atoms with Crippen molar-refractivity contribution in [2.75, 3.05) is 18.6 Å². The molecular weight excluding hydrogens is 285 g/mol. The SMILES string of the molecule is O=C1NCNc2c1ncn2[C@H]1[C@H](O)[C@H](O)[C@@H](CO)N1P. The first-order chi connectivity index (χ1) is 9.56. The zero-order valence-electron chi connectivity index (χ0n) is 10.5. The van der Waals surface area contributed by atoms with Gasteiger partial charge in [-0.3, -0.25) is 14.0 Å². The van der Waals surface area contributed by atoms with E-state index >= 15 is 0 Å². The highest BCUT2D eigenvalue weighted by Gasteiger charge is 2.47. The van der Waals surface area contributed by atoms with Crippen molar-refractivity contribution in [1.82, 2.24) is 19.5 Å². The predicted octanol–water partition coefficient (Wildman–Crippen LogP) is -2.32. The van der Waals surface area contributed by atoms with Gasteiger partial charge in [-0.05, 0) is 0 Å².